The Labute approximate surface area is 207 Å². The van der Waals surface area contributed by atoms with Crippen molar-refractivity contribution in [3.8, 4) is 17.2 Å². The molecular formula is C26H26N6O4. The van der Waals surface area contributed by atoms with Gasteiger partial charge in [-0.15, -0.1) is 0 Å². The van der Waals surface area contributed by atoms with Gasteiger partial charge in [0.05, 0.1) is 12.0 Å². The molecule has 1 aliphatic rings. The highest BCUT2D eigenvalue weighted by Gasteiger charge is 2.54. The molecule has 1 saturated heterocycles. The van der Waals surface area contributed by atoms with Gasteiger partial charge >= 0.3 is 0 Å². The van der Waals surface area contributed by atoms with E-state index in [9.17, 15) is 20.6 Å². The van der Waals surface area contributed by atoms with Gasteiger partial charge in [-0.1, -0.05) is 54.6 Å². The number of rotatable bonds is 6. The molecule has 0 saturated carbocycles. The second kappa shape index (κ2) is 9.22. The van der Waals surface area contributed by atoms with E-state index in [0.717, 1.165) is 16.7 Å². The van der Waals surface area contributed by atoms with Gasteiger partial charge < -0.3 is 31.1 Å². The number of aliphatic hydroxyl groups is 3. The van der Waals surface area contributed by atoms with E-state index in [1.54, 1.807) is 0 Å². The van der Waals surface area contributed by atoms with Crippen LogP contribution in [-0.2, 0) is 11.3 Å². The van der Waals surface area contributed by atoms with Gasteiger partial charge in [-0.25, -0.2) is 9.97 Å². The monoisotopic (exact) mass is 486 g/mol. The highest BCUT2D eigenvalue weighted by Crippen LogP contribution is 2.44. The van der Waals surface area contributed by atoms with E-state index in [-0.39, 0.29) is 17.0 Å². The van der Waals surface area contributed by atoms with Crippen LogP contribution in [0, 0.1) is 11.3 Å². The molecule has 2 aromatic heterocycles. The molecule has 184 valence electrons. The Hall–Kier alpha value is -4.01. The van der Waals surface area contributed by atoms with Crippen molar-refractivity contribution in [2.75, 3.05) is 17.7 Å². The highest BCUT2D eigenvalue weighted by molar-refractivity contribution is 5.97. The number of benzene rings is 2. The first-order chi connectivity index (χ1) is 17.4. The van der Waals surface area contributed by atoms with Crippen molar-refractivity contribution in [1.82, 2.24) is 14.5 Å². The Balaban J connectivity index is 1.54. The topological polar surface area (TPSA) is 162 Å². The molecule has 6 N–H and O–H groups in total. The fourth-order valence-electron chi connectivity index (χ4n) is 4.66. The zero-order valence-corrected chi connectivity index (χ0v) is 19.5. The van der Waals surface area contributed by atoms with E-state index >= 15 is 0 Å². The van der Waals surface area contributed by atoms with Gasteiger partial charge in [-0.2, -0.15) is 5.26 Å². The van der Waals surface area contributed by atoms with Crippen LogP contribution >= 0.6 is 0 Å². The first-order valence-electron chi connectivity index (χ1n) is 11.5. The van der Waals surface area contributed by atoms with Gasteiger partial charge in [-0.05, 0) is 23.6 Å². The van der Waals surface area contributed by atoms with Crippen LogP contribution in [0.5, 0.6) is 0 Å². The lowest BCUT2D eigenvalue weighted by molar-refractivity contribution is -0.0939. The summed E-state index contributed by atoms with van der Waals surface area (Å²) in [6.07, 6.45) is -2.30. The molecular weight excluding hydrogens is 460 g/mol. The van der Waals surface area contributed by atoms with Crippen molar-refractivity contribution in [2.24, 2.45) is 0 Å². The Morgan fingerprint density at radius 3 is 2.47 bits per heavy atom. The number of aliphatic hydroxyl groups excluding tert-OH is 2. The molecule has 0 spiro atoms. The number of nitrogens with two attached hydrogens (primary N) is 1. The van der Waals surface area contributed by atoms with E-state index in [2.05, 4.69) is 21.4 Å². The molecule has 1 aliphatic heterocycles. The van der Waals surface area contributed by atoms with E-state index in [1.807, 2.05) is 54.6 Å². The van der Waals surface area contributed by atoms with Crippen molar-refractivity contribution in [3.05, 3.63) is 72.1 Å². The van der Waals surface area contributed by atoms with Crippen LogP contribution in [0.25, 0.3) is 22.2 Å². The normalized spacial score (nSPS) is 23.6. The lowest BCUT2D eigenvalue weighted by Crippen LogP contribution is -2.44. The van der Waals surface area contributed by atoms with Gasteiger partial charge in [0.15, 0.2) is 11.9 Å². The number of hydrogen-bond donors (Lipinski definition) is 5. The zero-order chi connectivity index (χ0) is 25.4. The average molecular weight is 487 g/mol. The number of aromatic nitrogens is 3. The summed E-state index contributed by atoms with van der Waals surface area (Å²) >= 11 is 0. The summed E-state index contributed by atoms with van der Waals surface area (Å²) in [6, 6.07) is 20.2. The molecule has 2 aromatic carbocycles. The summed E-state index contributed by atoms with van der Waals surface area (Å²) in [5, 5.41) is 45.0. The van der Waals surface area contributed by atoms with Crippen LogP contribution in [0.1, 0.15) is 24.3 Å². The maximum Gasteiger partial charge on any atom is 0.168 e. The summed E-state index contributed by atoms with van der Waals surface area (Å²) in [7, 11) is 0. The predicted octanol–water partition coefficient (Wildman–Crippen LogP) is 2.17. The lowest BCUT2D eigenvalue weighted by Gasteiger charge is -2.29. The van der Waals surface area contributed by atoms with E-state index in [1.165, 1.54) is 17.8 Å². The fourth-order valence-corrected chi connectivity index (χ4v) is 4.66. The summed E-state index contributed by atoms with van der Waals surface area (Å²) < 4.78 is 7.35. The molecule has 4 aromatic rings. The average Bonchev–Trinajstić information content (AvgIpc) is 3.33. The number of hydrogen-bond acceptors (Lipinski definition) is 9. The standard InChI is InChI=1S/C26H26N6O4/c1-26(35)21(34)19(13-33)36-25(26)32-23(18(11-27)20-22(28)30-14-31-24(20)32)29-12-15-7-9-17(10-8-15)16-5-3-2-4-6-16/h2-10,14,19,21,25,29,33-35H,12-13H2,1H3,(H2,28,30,31)/t19-,21-,25-,26-/m1/s1. The van der Waals surface area contributed by atoms with Crippen LogP contribution in [0.2, 0.25) is 0 Å². The number of nitrogen functional groups attached to an aromatic ring is 1. The van der Waals surface area contributed by atoms with Gasteiger partial charge in [0, 0.05) is 6.54 Å². The summed E-state index contributed by atoms with van der Waals surface area (Å²) in [5.41, 5.74) is 7.89. The van der Waals surface area contributed by atoms with Gasteiger partial charge in [0.25, 0.3) is 0 Å². The second-order valence-electron chi connectivity index (χ2n) is 8.96. The number of nitrogens with one attached hydrogen (secondary N) is 1. The lowest BCUT2D eigenvalue weighted by atomic mass is 9.96. The predicted molar refractivity (Wildman–Crippen MR) is 133 cm³/mol. The first-order valence-corrected chi connectivity index (χ1v) is 11.5. The van der Waals surface area contributed by atoms with Crippen molar-refractivity contribution in [1.29, 1.82) is 5.26 Å². The molecule has 0 unspecified atom stereocenters. The van der Waals surface area contributed by atoms with Crippen molar-refractivity contribution in [3.63, 3.8) is 0 Å². The number of nitrogens with zero attached hydrogens (tertiary/aromatic N) is 4. The molecule has 1 fully saturated rings. The van der Waals surface area contributed by atoms with Gasteiger partial charge in [0.2, 0.25) is 0 Å². The Bertz CT molecular complexity index is 1430. The van der Waals surface area contributed by atoms with E-state index in [0.29, 0.717) is 17.7 Å². The minimum atomic E-state index is -1.79. The quantitative estimate of drug-likeness (QED) is 0.275. The summed E-state index contributed by atoms with van der Waals surface area (Å²) in [5.74, 6) is 0.408. The fraction of sp³-hybridized carbons (Fsp3) is 0.269. The molecule has 3 heterocycles. The Morgan fingerprint density at radius 1 is 1.14 bits per heavy atom. The van der Waals surface area contributed by atoms with Crippen LogP contribution in [0.15, 0.2) is 60.9 Å². The van der Waals surface area contributed by atoms with Crippen LogP contribution in [0.3, 0.4) is 0 Å². The maximum atomic E-state index is 11.1. The van der Waals surface area contributed by atoms with Crippen molar-refractivity contribution >= 4 is 22.7 Å². The number of fused-ring (bicyclic) bond motifs is 1. The highest BCUT2D eigenvalue weighted by atomic mass is 16.6. The van der Waals surface area contributed by atoms with Gasteiger partial charge in [0.1, 0.15) is 47.4 Å². The Kier molecular flexibility index (Phi) is 6.07. The molecule has 0 radical (unpaired) electrons. The minimum absolute atomic E-state index is 0.0995. The molecule has 0 amide bonds. The number of anilines is 2. The first kappa shape index (κ1) is 23.7. The SMILES string of the molecule is C[C@@]1(O)[C@H](O)[C@@H](CO)O[C@H]1n1c(NCc2ccc(-c3ccccc3)cc2)c(C#N)c2c(N)ncnc21. The molecule has 0 bridgehead atoms. The second-order valence-corrected chi connectivity index (χ2v) is 8.96. The zero-order valence-electron chi connectivity index (χ0n) is 19.5. The van der Waals surface area contributed by atoms with E-state index < -0.39 is 30.6 Å². The number of nitriles is 1. The molecule has 5 rings (SSSR count). The van der Waals surface area contributed by atoms with Crippen molar-refractivity contribution < 1.29 is 20.1 Å². The van der Waals surface area contributed by atoms with Crippen LogP contribution < -0.4 is 11.1 Å². The van der Waals surface area contributed by atoms with Crippen LogP contribution in [0.4, 0.5) is 11.6 Å². The third-order valence-electron chi connectivity index (χ3n) is 6.61. The number of ether oxygens (including phenoxy) is 1. The molecule has 36 heavy (non-hydrogen) atoms. The van der Waals surface area contributed by atoms with Gasteiger partial charge in [-0.3, -0.25) is 4.57 Å². The Morgan fingerprint density at radius 2 is 1.83 bits per heavy atom. The smallest absolute Gasteiger partial charge is 0.168 e. The van der Waals surface area contributed by atoms with Crippen LogP contribution in [-0.4, -0.2) is 54.3 Å². The third kappa shape index (κ3) is 3.84. The molecule has 10 heteroatoms. The third-order valence-corrected chi connectivity index (χ3v) is 6.61. The molecule has 4 atom stereocenters. The molecule has 0 aliphatic carbocycles. The largest absolute Gasteiger partial charge is 0.394 e. The molecule has 10 nitrogen and oxygen atoms in total. The summed E-state index contributed by atoms with van der Waals surface area (Å²) in [4.78, 5) is 8.32. The maximum absolute atomic E-state index is 11.1. The summed E-state index contributed by atoms with van der Waals surface area (Å²) in [6.45, 7) is 1.26. The minimum Gasteiger partial charge on any atom is -0.394 e. The van der Waals surface area contributed by atoms with E-state index in [4.69, 9.17) is 10.5 Å². The van der Waals surface area contributed by atoms with Crippen molar-refractivity contribution in [2.45, 2.75) is 37.5 Å².